The van der Waals surface area contributed by atoms with Gasteiger partial charge in [0.2, 0.25) is 0 Å². The number of hydrogen-bond acceptors (Lipinski definition) is 8. The second kappa shape index (κ2) is 5.58. The molecule has 136 valence electrons. The maximum absolute atomic E-state index is 11.6. The number of ether oxygens (including phenoxy) is 2. The Bertz CT molecular complexity index is 930. The van der Waals surface area contributed by atoms with Crippen LogP contribution in [0.25, 0.3) is 11.2 Å². The van der Waals surface area contributed by atoms with E-state index in [1.165, 1.54) is 6.33 Å². The molecule has 2 aromatic rings. The van der Waals surface area contributed by atoms with Crippen molar-refractivity contribution in [1.29, 1.82) is 0 Å². The largest absolute Gasteiger partial charge is 0.342 e. The van der Waals surface area contributed by atoms with Crippen molar-refractivity contribution in [3.05, 3.63) is 17.8 Å². The van der Waals surface area contributed by atoms with Gasteiger partial charge in [0.25, 0.3) is 10.1 Å². The van der Waals surface area contributed by atoms with Crippen molar-refractivity contribution in [2.24, 2.45) is 0 Å². The van der Waals surface area contributed by atoms with Gasteiger partial charge >= 0.3 is 0 Å². The first-order valence-electron chi connectivity index (χ1n) is 7.71. The molecule has 0 bridgehead atoms. The molecule has 1 aliphatic heterocycles. The molecule has 2 aliphatic rings. The fourth-order valence-corrected chi connectivity index (χ4v) is 4.38. The van der Waals surface area contributed by atoms with E-state index in [0.717, 1.165) is 6.26 Å². The van der Waals surface area contributed by atoms with E-state index in [1.807, 2.05) is 4.57 Å². The molecule has 0 aromatic carbocycles. The van der Waals surface area contributed by atoms with E-state index < -0.39 is 34.2 Å². The standard InChI is InChI=1S/C14H17ClN4O5S/c1-14(2)22-10-7(4-8(11(10)23-14)24-25(3,20)21)19-6-18-9-12(15)16-5-17-13(9)19/h5-8,10-11H,4H2,1-3H3/t7-,8+,10+,11-/m1/s1. The first-order chi connectivity index (χ1) is 11.6. The average Bonchev–Trinajstić information content (AvgIpc) is 3.11. The van der Waals surface area contributed by atoms with Crippen molar-refractivity contribution in [1.82, 2.24) is 19.5 Å². The lowest BCUT2D eigenvalue weighted by atomic mass is 10.2. The Morgan fingerprint density at radius 2 is 2.00 bits per heavy atom. The normalized spacial score (nSPS) is 31.5. The van der Waals surface area contributed by atoms with Crippen LogP contribution < -0.4 is 0 Å². The van der Waals surface area contributed by atoms with E-state index >= 15 is 0 Å². The van der Waals surface area contributed by atoms with Gasteiger partial charge in [0.15, 0.2) is 16.6 Å². The summed E-state index contributed by atoms with van der Waals surface area (Å²) in [6, 6.07) is -0.255. The highest BCUT2D eigenvalue weighted by Crippen LogP contribution is 2.46. The summed E-state index contributed by atoms with van der Waals surface area (Å²) in [4.78, 5) is 12.4. The van der Waals surface area contributed by atoms with E-state index in [9.17, 15) is 8.42 Å². The summed E-state index contributed by atoms with van der Waals surface area (Å²) >= 11 is 6.06. The second-order valence-electron chi connectivity index (χ2n) is 6.70. The zero-order chi connectivity index (χ0) is 18.0. The van der Waals surface area contributed by atoms with Crippen LogP contribution in [0.1, 0.15) is 26.3 Å². The molecule has 0 N–H and O–H groups in total. The number of nitrogens with zero attached hydrogens (tertiary/aromatic N) is 4. The SMILES string of the molecule is CC1(C)O[C@@H]2[C@H](O1)[C@@H](OS(C)(=O)=O)C[C@H]2n1cnc2c(Cl)ncnc21. The molecule has 0 amide bonds. The van der Waals surface area contributed by atoms with Crippen molar-refractivity contribution in [2.75, 3.05) is 6.26 Å². The lowest BCUT2D eigenvalue weighted by molar-refractivity contribution is -0.163. The first kappa shape index (κ1) is 17.1. The Labute approximate surface area is 149 Å². The molecule has 4 atom stereocenters. The molecule has 2 aromatic heterocycles. The van der Waals surface area contributed by atoms with Crippen LogP contribution in [0.5, 0.6) is 0 Å². The quantitative estimate of drug-likeness (QED) is 0.572. The van der Waals surface area contributed by atoms with Gasteiger partial charge in [-0.25, -0.2) is 15.0 Å². The van der Waals surface area contributed by atoms with Crippen molar-refractivity contribution in [2.45, 2.75) is 50.4 Å². The van der Waals surface area contributed by atoms with Crippen molar-refractivity contribution < 1.29 is 22.1 Å². The van der Waals surface area contributed by atoms with Gasteiger partial charge in [0.05, 0.1) is 18.6 Å². The molecule has 1 aliphatic carbocycles. The monoisotopic (exact) mass is 388 g/mol. The van der Waals surface area contributed by atoms with E-state index in [4.69, 9.17) is 25.3 Å². The van der Waals surface area contributed by atoms with Crippen LogP contribution in [-0.2, 0) is 23.8 Å². The molecule has 1 saturated carbocycles. The van der Waals surface area contributed by atoms with Crippen molar-refractivity contribution in [3.63, 3.8) is 0 Å². The zero-order valence-electron chi connectivity index (χ0n) is 13.8. The summed E-state index contributed by atoms with van der Waals surface area (Å²) in [7, 11) is -3.63. The van der Waals surface area contributed by atoms with Gasteiger partial charge < -0.3 is 14.0 Å². The van der Waals surface area contributed by atoms with Gasteiger partial charge in [0.1, 0.15) is 30.2 Å². The third kappa shape index (κ3) is 3.02. The lowest BCUT2D eigenvalue weighted by Crippen LogP contribution is -2.32. The number of halogens is 1. The second-order valence-corrected chi connectivity index (χ2v) is 8.65. The average molecular weight is 389 g/mol. The molecule has 25 heavy (non-hydrogen) atoms. The molecule has 2 fully saturated rings. The topological polar surface area (TPSA) is 105 Å². The van der Waals surface area contributed by atoms with Crippen molar-refractivity contribution in [3.8, 4) is 0 Å². The Morgan fingerprint density at radius 1 is 1.28 bits per heavy atom. The van der Waals surface area contributed by atoms with E-state index in [2.05, 4.69) is 15.0 Å². The third-order valence-corrected chi connectivity index (χ3v) is 5.23. The number of imidazole rings is 1. The van der Waals surface area contributed by atoms with Crippen molar-refractivity contribution >= 4 is 32.9 Å². The molecule has 9 nitrogen and oxygen atoms in total. The molecule has 1 saturated heterocycles. The minimum atomic E-state index is -3.63. The predicted octanol–water partition coefficient (Wildman–Crippen LogP) is 1.29. The molecule has 4 rings (SSSR count). The Hall–Kier alpha value is -1.33. The maximum atomic E-state index is 11.6. The van der Waals surface area contributed by atoms with Crippen LogP contribution in [0, 0.1) is 0 Å². The molecular weight excluding hydrogens is 372 g/mol. The Balaban J connectivity index is 1.75. The molecule has 11 heteroatoms. The summed E-state index contributed by atoms with van der Waals surface area (Å²) < 4.78 is 42.2. The lowest BCUT2D eigenvalue weighted by Gasteiger charge is -2.23. The summed E-state index contributed by atoms with van der Waals surface area (Å²) in [5.74, 6) is -0.837. The minimum absolute atomic E-state index is 0.255. The minimum Gasteiger partial charge on any atom is -0.342 e. The summed E-state index contributed by atoms with van der Waals surface area (Å²) in [5, 5.41) is 0.256. The molecular formula is C14H17ClN4O5S. The van der Waals surface area contributed by atoms with Crippen LogP contribution in [0.3, 0.4) is 0 Å². The highest BCUT2D eigenvalue weighted by atomic mass is 35.5. The van der Waals surface area contributed by atoms with Gasteiger partial charge in [-0.15, -0.1) is 0 Å². The van der Waals surface area contributed by atoms with Gasteiger partial charge in [-0.3, -0.25) is 4.18 Å². The number of fused-ring (bicyclic) bond motifs is 2. The molecule has 0 unspecified atom stereocenters. The van der Waals surface area contributed by atoms with Crippen LogP contribution in [0.2, 0.25) is 5.15 Å². The van der Waals surface area contributed by atoms with Gasteiger partial charge in [-0.1, -0.05) is 11.6 Å². The van der Waals surface area contributed by atoms with Crippen LogP contribution in [-0.4, -0.2) is 58.3 Å². The number of hydrogen-bond donors (Lipinski definition) is 0. The number of rotatable bonds is 3. The number of aromatic nitrogens is 4. The molecule has 0 spiro atoms. The Morgan fingerprint density at radius 3 is 2.72 bits per heavy atom. The van der Waals surface area contributed by atoms with Gasteiger partial charge in [-0.2, -0.15) is 8.42 Å². The Kier molecular flexibility index (Phi) is 3.82. The van der Waals surface area contributed by atoms with E-state index in [0.29, 0.717) is 17.6 Å². The smallest absolute Gasteiger partial charge is 0.264 e. The van der Waals surface area contributed by atoms with E-state index in [1.54, 1.807) is 20.2 Å². The van der Waals surface area contributed by atoms with Gasteiger partial charge in [-0.05, 0) is 13.8 Å². The van der Waals surface area contributed by atoms with Gasteiger partial charge in [0, 0.05) is 6.42 Å². The fraction of sp³-hybridized carbons (Fsp3) is 0.643. The van der Waals surface area contributed by atoms with Crippen LogP contribution >= 0.6 is 11.6 Å². The third-order valence-electron chi connectivity index (χ3n) is 4.35. The maximum Gasteiger partial charge on any atom is 0.264 e. The molecule has 3 heterocycles. The fourth-order valence-electron chi connectivity index (χ4n) is 3.57. The van der Waals surface area contributed by atoms with E-state index in [-0.39, 0.29) is 11.2 Å². The van der Waals surface area contributed by atoms with Crippen LogP contribution in [0.4, 0.5) is 0 Å². The van der Waals surface area contributed by atoms with Crippen LogP contribution in [0.15, 0.2) is 12.7 Å². The predicted molar refractivity (Wildman–Crippen MR) is 87.5 cm³/mol. The summed E-state index contributed by atoms with van der Waals surface area (Å²) in [6.45, 7) is 3.57. The molecule has 0 radical (unpaired) electrons. The first-order valence-corrected chi connectivity index (χ1v) is 9.91. The zero-order valence-corrected chi connectivity index (χ0v) is 15.4. The highest BCUT2D eigenvalue weighted by molar-refractivity contribution is 7.86. The highest BCUT2D eigenvalue weighted by Gasteiger charge is 2.56. The summed E-state index contributed by atoms with van der Waals surface area (Å²) in [6.07, 6.45) is 2.81. The summed E-state index contributed by atoms with van der Waals surface area (Å²) in [5.41, 5.74) is 1.03.